The molecule has 23 heavy (non-hydrogen) atoms. The number of ether oxygens (including phenoxy) is 1. The maximum atomic E-state index is 13.6. The van der Waals surface area contributed by atoms with Gasteiger partial charge in [0, 0.05) is 12.3 Å². The molecule has 1 aliphatic heterocycles. The number of pyridine rings is 1. The summed E-state index contributed by atoms with van der Waals surface area (Å²) in [6.07, 6.45) is 1.03. The van der Waals surface area contributed by atoms with Gasteiger partial charge in [-0.25, -0.2) is 17.8 Å². The van der Waals surface area contributed by atoms with Gasteiger partial charge in [-0.3, -0.25) is 0 Å². The molecule has 0 spiro atoms. The lowest BCUT2D eigenvalue weighted by Gasteiger charge is -2.37. The third-order valence-electron chi connectivity index (χ3n) is 3.42. The quantitative estimate of drug-likeness (QED) is 0.847. The third-order valence-corrected chi connectivity index (χ3v) is 5.29. The van der Waals surface area contributed by atoms with E-state index in [1.165, 1.54) is 24.4 Å². The van der Waals surface area contributed by atoms with Crippen molar-refractivity contribution in [3.05, 3.63) is 54.0 Å². The lowest BCUT2D eigenvalue weighted by atomic mass is 10.2. The number of nitrogens with zero attached hydrogens (tertiary/aromatic N) is 3. The van der Waals surface area contributed by atoms with Crippen LogP contribution in [0.15, 0.2) is 47.5 Å². The van der Waals surface area contributed by atoms with Gasteiger partial charge in [-0.2, -0.15) is 9.57 Å². The van der Waals surface area contributed by atoms with Crippen LogP contribution < -0.4 is 4.74 Å². The van der Waals surface area contributed by atoms with Gasteiger partial charge in [0.05, 0.1) is 18.7 Å². The van der Waals surface area contributed by atoms with Crippen LogP contribution in [-0.2, 0) is 10.0 Å². The van der Waals surface area contributed by atoms with Gasteiger partial charge in [0.1, 0.15) is 22.9 Å². The molecule has 1 aliphatic rings. The minimum absolute atomic E-state index is 0.123. The van der Waals surface area contributed by atoms with E-state index in [0.29, 0.717) is 11.4 Å². The molecule has 1 aromatic carbocycles. The fourth-order valence-electron chi connectivity index (χ4n) is 2.15. The SMILES string of the molecule is N#Cc1ccc(OC2CN(S(=O)(=O)c3ccccc3F)C2)nc1. The van der Waals surface area contributed by atoms with E-state index in [-0.39, 0.29) is 24.1 Å². The molecule has 8 heteroatoms. The Morgan fingerprint density at radius 3 is 2.61 bits per heavy atom. The van der Waals surface area contributed by atoms with E-state index in [1.54, 1.807) is 12.1 Å². The van der Waals surface area contributed by atoms with Gasteiger partial charge in [-0.05, 0) is 18.2 Å². The summed E-state index contributed by atoms with van der Waals surface area (Å²) in [5.74, 6) is -0.456. The van der Waals surface area contributed by atoms with Crippen molar-refractivity contribution in [3.8, 4) is 11.9 Å². The molecule has 1 aromatic heterocycles. The average molecular weight is 333 g/mol. The van der Waals surface area contributed by atoms with Crippen LogP contribution in [-0.4, -0.2) is 36.9 Å². The number of sulfonamides is 1. The van der Waals surface area contributed by atoms with Gasteiger partial charge < -0.3 is 4.74 Å². The van der Waals surface area contributed by atoms with Gasteiger partial charge in [0.25, 0.3) is 0 Å². The van der Waals surface area contributed by atoms with Crippen LogP contribution in [0, 0.1) is 17.1 Å². The molecular formula is C15H12FN3O3S. The summed E-state index contributed by atoms with van der Waals surface area (Å²) >= 11 is 0. The third kappa shape index (κ3) is 3.02. The fraction of sp³-hybridized carbons (Fsp3) is 0.200. The molecule has 0 saturated carbocycles. The Morgan fingerprint density at radius 2 is 2.00 bits per heavy atom. The lowest BCUT2D eigenvalue weighted by Crippen LogP contribution is -2.56. The molecule has 0 bridgehead atoms. The van der Waals surface area contributed by atoms with Crippen LogP contribution in [0.5, 0.6) is 5.88 Å². The highest BCUT2D eigenvalue weighted by molar-refractivity contribution is 7.89. The zero-order valence-electron chi connectivity index (χ0n) is 11.9. The first-order valence-corrected chi connectivity index (χ1v) is 8.22. The average Bonchev–Trinajstić information content (AvgIpc) is 2.51. The molecule has 118 valence electrons. The number of halogens is 1. The number of hydrogen-bond donors (Lipinski definition) is 0. The van der Waals surface area contributed by atoms with Crippen molar-refractivity contribution in [1.29, 1.82) is 5.26 Å². The lowest BCUT2D eigenvalue weighted by molar-refractivity contribution is 0.0719. The second-order valence-electron chi connectivity index (χ2n) is 4.99. The first-order chi connectivity index (χ1) is 11.0. The van der Waals surface area contributed by atoms with Crippen molar-refractivity contribution in [3.63, 3.8) is 0 Å². The van der Waals surface area contributed by atoms with Gasteiger partial charge in [-0.15, -0.1) is 0 Å². The van der Waals surface area contributed by atoms with Crippen LogP contribution in [0.3, 0.4) is 0 Å². The van der Waals surface area contributed by atoms with Crippen molar-refractivity contribution in [1.82, 2.24) is 9.29 Å². The largest absolute Gasteiger partial charge is 0.472 e. The predicted molar refractivity (Wildman–Crippen MR) is 78.5 cm³/mol. The normalized spacial score (nSPS) is 15.7. The number of aromatic nitrogens is 1. The standard InChI is InChI=1S/C15H12FN3O3S/c16-13-3-1-2-4-14(13)23(20,21)19-9-12(10-19)22-15-6-5-11(7-17)8-18-15/h1-6,8,12H,9-10H2. The summed E-state index contributed by atoms with van der Waals surface area (Å²) in [6.45, 7) is 0.247. The summed E-state index contributed by atoms with van der Waals surface area (Å²) in [7, 11) is -3.85. The summed E-state index contributed by atoms with van der Waals surface area (Å²) in [6, 6.07) is 10.3. The van der Waals surface area contributed by atoms with Crippen LogP contribution in [0.4, 0.5) is 4.39 Å². The van der Waals surface area contributed by atoms with Crippen molar-refractivity contribution in [2.75, 3.05) is 13.1 Å². The monoisotopic (exact) mass is 333 g/mol. The Bertz CT molecular complexity index is 856. The van der Waals surface area contributed by atoms with Crippen LogP contribution >= 0.6 is 0 Å². The summed E-state index contributed by atoms with van der Waals surface area (Å²) < 4.78 is 44.9. The maximum Gasteiger partial charge on any atom is 0.246 e. The van der Waals surface area contributed by atoms with Gasteiger partial charge in [0.15, 0.2) is 0 Å². The van der Waals surface area contributed by atoms with E-state index in [2.05, 4.69) is 4.98 Å². The van der Waals surface area contributed by atoms with Gasteiger partial charge in [-0.1, -0.05) is 12.1 Å². The molecule has 0 atom stereocenters. The highest BCUT2D eigenvalue weighted by Gasteiger charge is 2.39. The van der Waals surface area contributed by atoms with Crippen molar-refractivity contribution in [2.45, 2.75) is 11.0 Å². The van der Waals surface area contributed by atoms with Crippen LogP contribution in [0.2, 0.25) is 0 Å². The van der Waals surface area contributed by atoms with Crippen molar-refractivity contribution in [2.24, 2.45) is 0 Å². The molecule has 0 amide bonds. The zero-order valence-corrected chi connectivity index (χ0v) is 12.7. The van der Waals surface area contributed by atoms with E-state index in [9.17, 15) is 12.8 Å². The molecule has 1 saturated heterocycles. The molecule has 6 nitrogen and oxygen atoms in total. The summed E-state index contributed by atoms with van der Waals surface area (Å²) in [4.78, 5) is 3.62. The van der Waals surface area contributed by atoms with Crippen molar-refractivity contribution < 1.29 is 17.5 Å². The van der Waals surface area contributed by atoms with Crippen LogP contribution in [0.25, 0.3) is 0 Å². The molecule has 0 unspecified atom stereocenters. The number of nitriles is 1. The second-order valence-corrected chi connectivity index (χ2v) is 6.90. The molecule has 2 aromatic rings. The summed E-state index contributed by atoms with van der Waals surface area (Å²) in [5.41, 5.74) is 0.412. The van der Waals surface area contributed by atoms with E-state index < -0.39 is 15.8 Å². The smallest absolute Gasteiger partial charge is 0.246 e. The topological polar surface area (TPSA) is 83.3 Å². The number of rotatable bonds is 4. The molecule has 1 fully saturated rings. The Morgan fingerprint density at radius 1 is 1.26 bits per heavy atom. The minimum Gasteiger partial charge on any atom is -0.472 e. The molecule has 2 heterocycles. The van der Waals surface area contributed by atoms with E-state index in [4.69, 9.17) is 10.00 Å². The Balaban J connectivity index is 1.64. The number of benzene rings is 1. The molecular weight excluding hydrogens is 321 g/mol. The second kappa shape index (κ2) is 5.95. The van der Waals surface area contributed by atoms with Gasteiger partial charge in [0.2, 0.25) is 15.9 Å². The number of hydrogen-bond acceptors (Lipinski definition) is 5. The van der Waals surface area contributed by atoms with E-state index in [1.807, 2.05) is 6.07 Å². The first-order valence-electron chi connectivity index (χ1n) is 6.78. The molecule has 0 aliphatic carbocycles. The minimum atomic E-state index is -3.85. The van der Waals surface area contributed by atoms with Gasteiger partial charge >= 0.3 is 0 Å². The van der Waals surface area contributed by atoms with E-state index >= 15 is 0 Å². The highest BCUT2D eigenvalue weighted by atomic mass is 32.2. The van der Waals surface area contributed by atoms with Crippen molar-refractivity contribution >= 4 is 10.0 Å². The Hall–Kier alpha value is -2.50. The summed E-state index contributed by atoms with van der Waals surface area (Å²) in [5, 5.41) is 8.69. The fourth-order valence-corrected chi connectivity index (χ4v) is 3.72. The maximum absolute atomic E-state index is 13.6. The zero-order chi connectivity index (χ0) is 16.4. The molecule has 0 N–H and O–H groups in total. The molecule has 0 radical (unpaired) electrons. The van der Waals surface area contributed by atoms with Crippen LogP contribution in [0.1, 0.15) is 5.56 Å². The predicted octanol–water partition coefficient (Wildman–Crippen LogP) is 1.54. The highest BCUT2D eigenvalue weighted by Crippen LogP contribution is 2.25. The Kier molecular flexibility index (Phi) is 3.98. The first kappa shape index (κ1) is 15.4. The van der Waals surface area contributed by atoms with E-state index in [0.717, 1.165) is 10.4 Å². The Labute approximate surface area is 132 Å². The molecule has 3 rings (SSSR count).